The van der Waals surface area contributed by atoms with Crippen molar-refractivity contribution in [2.75, 3.05) is 18.4 Å². The number of hydrogen-bond donors (Lipinski definition) is 1. The summed E-state index contributed by atoms with van der Waals surface area (Å²) in [6.45, 7) is 2.64. The van der Waals surface area contributed by atoms with E-state index in [2.05, 4.69) is 5.32 Å². The first-order valence-electron chi connectivity index (χ1n) is 9.55. The maximum Gasteiger partial charge on any atom is 0.295 e. The lowest BCUT2D eigenvalue weighted by atomic mass is 10.3. The van der Waals surface area contributed by atoms with E-state index in [-0.39, 0.29) is 21.0 Å². The molecular weight excluding hydrogens is 424 g/mol. The summed E-state index contributed by atoms with van der Waals surface area (Å²) in [5.74, 6) is -0.603. The van der Waals surface area contributed by atoms with E-state index in [0.29, 0.717) is 24.5 Å². The third kappa shape index (κ3) is 3.40. The van der Waals surface area contributed by atoms with Gasteiger partial charge in [-0.1, -0.05) is 18.2 Å². The molecular formula is C20H22N4O4S2. The van der Waals surface area contributed by atoms with Crippen LogP contribution in [0.3, 0.4) is 0 Å². The zero-order chi connectivity index (χ0) is 21.5. The summed E-state index contributed by atoms with van der Waals surface area (Å²) in [5.41, 5.74) is 0.985. The lowest BCUT2D eigenvalue weighted by molar-refractivity contribution is 0.102. The molecule has 30 heavy (non-hydrogen) atoms. The van der Waals surface area contributed by atoms with Gasteiger partial charge in [0.1, 0.15) is 15.5 Å². The van der Waals surface area contributed by atoms with Gasteiger partial charge in [0, 0.05) is 20.1 Å². The van der Waals surface area contributed by atoms with Crippen molar-refractivity contribution >= 4 is 33.0 Å². The molecule has 158 valence electrons. The van der Waals surface area contributed by atoms with Crippen LogP contribution < -0.4 is 10.9 Å². The normalized spacial score (nSPS) is 14.9. The summed E-state index contributed by atoms with van der Waals surface area (Å²) in [6.07, 6.45) is 1.63. The second-order valence-electron chi connectivity index (χ2n) is 7.12. The van der Waals surface area contributed by atoms with Crippen molar-refractivity contribution in [3.05, 3.63) is 62.7 Å². The fourth-order valence-corrected chi connectivity index (χ4v) is 6.43. The van der Waals surface area contributed by atoms with Crippen LogP contribution in [0.1, 0.15) is 28.2 Å². The Morgan fingerprint density at radius 1 is 1.10 bits per heavy atom. The molecule has 3 heterocycles. The Labute approximate surface area is 178 Å². The molecule has 1 N–H and O–H groups in total. The van der Waals surface area contributed by atoms with E-state index in [0.717, 1.165) is 24.2 Å². The highest BCUT2D eigenvalue weighted by Gasteiger charge is 2.32. The van der Waals surface area contributed by atoms with E-state index in [1.54, 1.807) is 36.2 Å². The number of carbonyl (C=O) groups is 1. The summed E-state index contributed by atoms with van der Waals surface area (Å²) in [4.78, 5) is 26.1. The Kier molecular flexibility index (Phi) is 5.39. The van der Waals surface area contributed by atoms with Crippen LogP contribution in [-0.4, -0.2) is 41.1 Å². The van der Waals surface area contributed by atoms with Gasteiger partial charge in [-0.25, -0.2) is 13.1 Å². The van der Waals surface area contributed by atoms with E-state index in [9.17, 15) is 18.0 Å². The van der Waals surface area contributed by atoms with Gasteiger partial charge in [-0.3, -0.25) is 14.3 Å². The number of para-hydroxylation sites is 1. The van der Waals surface area contributed by atoms with Gasteiger partial charge in [0.25, 0.3) is 11.5 Å². The maximum absolute atomic E-state index is 13.0. The largest absolute Gasteiger partial charge is 0.315 e. The SMILES string of the molecule is Cc1c(NC(=O)c2sccc2S(=O)(=O)N2CCCC2)c(=O)n(-c2ccccc2)n1C. The Hall–Kier alpha value is -2.69. The van der Waals surface area contributed by atoms with Gasteiger partial charge >= 0.3 is 0 Å². The Balaban J connectivity index is 1.69. The summed E-state index contributed by atoms with van der Waals surface area (Å²) < 4.78 is 30.4. The van der Waals surface area contributed by atoms with E-state index in [1.807, 2.05) is 18.2 Å². The van der Waals surface area contributed by atoms with Gasteiger partial charge in [-0.05, 0) is 43.3 Å². The van der Waals surface area contributed by atoms with Gasteiger partial charge in [0.05, 0.1) is 11.4 Å². The van der Waals surface area contributed by atoms with Crippen molar-refractivity contribution in [3.63, 3.8) is 0 Å². The highest BCUT2D eigenvalue weighted by molar-refractivity contribution is 7.89. The summed E-state index contributed by atoms with van der Waals surface area (Å²) in [7, 11) is -2.01. The molecule has 0 saturated carbocycles. The fraction of sp³-hybridized carbons (Fsp3) is 0.300. The smallest absolute Gasteiger partial charge is 0.295 e. The van der Waals surface area contributed by atoms with Crippen LogP contribution in [0.25, 0.3) is 5.69 Å². The average molecular weight is 447 g/mol. The number of aromatic nitrogens is 2. The van der Waals surface area contributed by atoms with Crippen molar-refractivity contribution in [1.82, 2.24) is 13.7 Å². The molecule has 2 aromatic heterocycles. The van der Waals surface area contributed by atoms with Crippen molar-refractivity contribution in [1.29, 1.82) is 0 Å². The zero-order valence-corrected chi connectivity index (χ0v) is 18.3. The van der Waals surface area contributed by atoms with Gasteiger partial charge in [0.2, 0.25) is 10.0 Å². The maximum atomic E-state index is 13.0. The standard InChI is InChI=1S/C20H22N4O4S2/c1-14-17(20(26)24(22(14)2)15-8-4-3-5-9-15)21-19(25)18-16(10-13-29-18)30(27,28)23-11-6-7-12-23/h3-5,8-10,13H,6-7,11-12H2,1-2H3,(H,21,25). The van der Waals surface area contributed by atoms with Crippen molar-refractivity contribution in [2.45, 2.75) is 24.7 Å². The fourth-order valence-electron chi connectivity index (χ4n) is 3.62. The predicted octanol–water partition coefficient (Wildman–Crippen LogP) is 2.58. The number of thiophene rings is 1. The third-order valence-corrected chi connectivity index (χ3v) is 8.29. The Morgan fingerprint density at radius 3 is 2.43 bits per heavy atom. The van der Waals surface area contributed by atoms with Crippen molar-refractivity contribution in [2.24, 2.45) is 7.05 Å². The molecule has 0 spiro atoms. The van der Waals surface area contributed by atoms with Crippen LogP contribution >= 0.6 is 11.3 Å². The molecule has 8 nitrogen and oxygen atoms in total. The summed E-state index contributed by atoms with van der Waals surface area (Å²) in [5, 5.41) is 4.23. The minimum atomic E-state index is -3.74. The number of sulfonamides is 1. The topological polar surface area (TPSA) is 93.4 Å². The average Bonchev–Trinajstić information content (AvgIpc) is 3.47. The molecule has 4 rings (SSSR count). The molecule has 0 bridgehead atoms. The lowest BCUT2D eigenvalue weighted by Crippen LogP contribution is -2.29. The van der Waals surface area contributed by atoms with E-state index < -0.39 is 15.9 Å². The predicted molar refractivity (Wildman–Crippen MR) is 116 cm³/mol. The lowest BCUT2D eigenvalue weighted by Gasteiger charge is -2.15. The molecule has 10 heteroatoms. The first-order chi connectivity index (χ1) is 14.3. The second kappa shape index (κ2) is 7.86. The zero-order valence-electron chi connectivity index (χ0n) is 16.7. The molecule has 1 aliphatic heterocycles. The van der Waals surface area contributed by atoms with Gasteiger partial charge < -0.3 is 5.32 Å². The minimum absolute atomic E-state index is 0.0103. The highest BCUT2D eigenvalue weighted by Crippen LogP contribution is 2.28. The second-order valence-corrected chi connectivity index (χ2v) is 9.94. The molecule has 0 aliphatic carbocycles. The summed E-state index contributed by atoms with van der Waals surface area (Å²) in [6, 6.07) is 10.5. The first kappa shape index (κ1) is 20.6. The first-order valence-corrected chi connectivity index (χ1v) is 11.9. The van der Waals surface area contributed by atoms with Crippen LogP contribution in [0.5, 0.6) is 0 Å². The molecule has 1 saturated heterocycles. The van der Waals surface area contributed by atoms with E-state index in [4.69, 9.17) is 0 Å². The van der Waals surface area contributed by atoms with Gasteiger partial charge in [-0.15, -0.1) is 11.3 Å². The number of amides is 1. The number of nitrogens with one attached hydrogen (secondary N) is 1. The number of benzene rings is 1. The van der Waals surface area contributed by atoms with E-state index in [1.165, 1.54) is 15.1 Å². The number of hydrogen-bond acceptors (Lipinski definition) is 5. The minimum Gasteiger partial charge on any atom is -0.315 e. The Bertz CT molecular complexity index is 1250. The number of carbonyl (C=O) groups excluding carboxylic acids is 1. The molecule has 0 atom stereocenters. The quantitative estimate of drug-likeness (QED) is 0.652. The summed E-state index contributed by atoms with van der Waals surface area (Å²) >= 11 is 1.05. The van der Waals surface area contributed by atoms with Crippen LogP contribution in [0.2, 0.25) is 0 Å². The molecule has 1 aliphatic rings. The van der Waals surface area contributed by atoms with Crippen LogP contribution in [0.15, 0.2) is 51.5 Å². The van der Waals surface area contributed by atoms with Crippen LogP contribution in [-0.2, 0) is 17.1 Å². The number of anilines is 1. The number of nitrogens with zero attached hydrogens (tertiary/aromatic N) is 3. The van der Waals surface area contributed by atoms with Crippen molar-refractivity contribution in [3.8, 4) is 5.69 Å². The monoisotopic (exact) mass is 446 g/mol. The molecule has 0 unspecified atom stereocenters. The molecule has 1 fully saturated rings. The highest BCUT2D eigenvalue weighted by atomic mass is 32.2. The van der Waals surface area contributed by atoms with E-state index >= 15 is 0 Å². The van der Waals surface area contributed by atoms with Gasteiger partial charge in [0.15, 0.2) is 0 Å². The molecule has 1 amide bonds. The van der Waals surface area contributed by atoms with Crippen molar-refractivity contribution < 1.29 is 13.2 Å². The van der Waals surface area contributed by atoms with Gasteiger partial charge in [-0.2, -0.15) is 4.31 Å². The molecule has 3 aromatic rings. The molecule has 1 aromatic carbocycles. The number of rotatable bonds is 5. The Morgan fingerprint density at radius 2 is 1.77 bits per heavy atom. The van der Waals surface area contributed by atoms with Crippen LogP contribution in [0.4, 0.5) is 5.69 Å². The van der Waals surface area contributed by atoms with Crippen LogP contribution in [0, 0.1) is 6.92 Å². The third-order valence-electron chi connectivity index (χ3n) is 5.31. The molecule has 0 radical (unpaired) electrons.